The number of aromatic amines is 1. The molecule has 1 atom stereocenters. The molecule has 7 heteroatoms. The number of nitrogens with zero attached hydrogens (tertiary/aromatic N) is 2. The SMILES string of the molecule is O=C(OCc1ccccc1)N1CCC[C@H]1c1cnc(-c2ccc3c(c2)Cc2ccc(Br)cc2O3)[nH]1. The Morgan fingerprint density at radius 3 is 2.86 bits per heavy atom. The molecule has 4 aromatic rings. The van der Waals surface area contributed by atoms with E-state index < -0.39 is 0 Å². The topological polar surface area (TPSA) is 67.4 Å². The molecule has 1 N–H and O–H groups in total. The van der Waals surface area contributed by atoms with E-state index in [2.05, 4.69) is 38.0 Å². The third kappa shape index (κ3) is 4.44. The molecule has 2 aliphatic heterocycles. The molecule has 1 amide bonds. The van der Waals surface area contributed by atoms with Crippen LogP contribution in [0.5, 0.6) is 11.5 Å². The van der Waals surface area contributed by atoms with E-state index >= 15 is 0 Å². The number of hydrogen-bond acceptors (Lipinski definition) is 4. The molecule has 1 saturated heterocycles. The van der Waals surface area contributed by atoms with E-state index in [-0.39, 0.29) is 18.7 Å². The number of amides is 1. The molecule has 0 spiro atoms. The Labute approximate surface area is 212 Å². The molecule has 0 aliphatic carbocycles. The number of rotatable bonds is 4. The van der Waals surface area contributed by atoms with Gasteiger partial charge in [-0.1, -0.05) is 52.3 Å². The lowest BCUT2D eigenvalue weighted by molar-refractivity contribution is 0.0915. The largest absolute Gasteiger partial charge is 0.457 e. The maximum absolute atomic E-state index is 12.8. The van der Waals surface area contributed by atoms with Crippen molar-refractivity contribution in [3.63, 3.8) is 0 Å². The normalized spacial score (nSPS) is 16.4. The summed E-state index contributed by atoms with van der Waals surface area (Å²) in [5.41, 5.74) is 5.19. The van der Waals surface area contributed by atoms with Gasteiger partial charge in [0, 0.05) is 28.6 Å². The number of carbonyl (C=O) groups is 1. The van der Waals surface area contributed by atoms with Crippen molar-refractivity contribution >= 4 is 22.0 Å². The molecule has 6 rings (SSSR count). The number of carbonyl (C=O) groups excluding carboxylic acids is 1. The van der Waals surface area contributed by atoms with Crippen molar-refractivity contribution in [3.05, 3.63) is 99.8 Å². The van der Waals surface area contributed by atoms with Crippen molar-refractivity contribution in [1.82, 2.24) is 14.9 Å². The molecule has 0 bridgehead atoms. The van der Waals surface area contributed by atoms with Crippen molar-refractivity contribution < 1.29 is 14.3 Å². The van der Waals surface area contributed by atoms with Gasteiger partial charge in [0.05, 0.1) is 17.9 Å². The standard InChI is InChI=1S/C28H24BrN3O3/c29-22-10-8-19-13-21-14-20(9-11-25(21)35-26(19)15-22)27-30-16-23(31-27)24-7-4-12-32(24)28(33)34-17-18-5-2-1-3-6-18/h1-3,5-6,8-11,14-16,24H,4,7,12-13,17H2,(H,30,31)/t24-/m0/s1. The third-order valence-corrected chi connectivity index (χ3v) is 7.10. The zero-order chi connectivity index (χ0) is 23.8. The van der Waals surface area contributed by atoms with Crippen molar-refractivity contribution in [2.75, 3.05) is 6.54 Å². The summed E-state index contributed by atoms with van der Waals surface area (Å²) in [6.45, 7) is 0.951. The van der Waals surface area contributed by atoms with Crippen LogP contribution in [0.25, 0.3) is 11.4 Å². The molecular formula is C28H24BrN3O3. The number of ether oxygens (including phenoxy) is 2. The van der Waals surface area contributed by atoms with Crippen LogP contribution >= 0.6 is 15.9 Å². The van der Waals surface area contributed by atoms with Crippen LogP contribution in [-0.2, 0) is 17.8 Å². The van der Waals surface area contributed by atoms with E-state index in [9.17, 15) is 4.79 Å². The number of fused-ring (bicyclic) bond motifs is 2. The predicted molar refractivity (Wildman–Crippen MR) is 136 cm³/mol. The number of nitrogens with one attached hydrogen (secondary N) is 1. The Kier molecular flexibility index (Phi) is 5.78. The van der Waals surface area contributed by atoms with Crippen LogP contribution < -0.4 is 4.74 Å². The summed E-state index contributed by atoms with van der Waals surface area (Å²) < 4.78 is 12.7. The molecule has 0 unspecified atom stereocenters. The highest BCUT2D eigenvalue weighted by atomic mass is 79.9. The highest BCUT2D eigenvalue weighted by Crippen LogP contribution is 2.39. The van der Waals surface area contributed by atoms with Crippen molar-refractivity contribution in [3.8, 4) is 22.9 Å². The Morgan fingerprint density at radius 1 is 1.09 bits per heavy atom. The fourth-order valence-corrected chi connectivity index (χ4v) is 5.16. The molecule has 35 heavy (non-hydrogen) atoms. The third-order valence-electron chi connectivity index (χ3n) is 6.61. The molecule has 0 saturated carbocycles. The van der Waals surface area contributed by atoms with E-state index in [1.54, 1.807) is 4.90 Å². The minimum Gasteiger partial charge on any atom is -0.457 e. The lowest BCUT2D eigenvalue weighted by Gasteiger charge is -2.23. The summed E-state index contributed by atoms with van der Waals surface area (Å²) in [5, 5.41) is 0. The zero-order valence-corrected chi connectivity index (χ0v) is 20.6. The van der Waals surface area contributed by atoms with E-state index in [0.717, 1.165) is 69.0 Å². The molecule has 3 heterocycles. The maximum Gasteiger partial charge on any atom is 0.410 e. The lowest BCUT2D eigenvalue weighted by atomic mass is 9.98. The molecule has 3 aromatic carbocycles. The van der Waals surface area contributed by atoms with Gasteiger partial charge >= 0.3 is 6.09 Å². The van der Waals surface area contributed by atoms with Gasteiger partial charge in [-0.15, -0.1) is 0 Å². The number of likely N-dealkylation sites (tertiary alicyclic amines) is 1. The van der Waals surface area contributed by atoms with Crippen LogP contribution in [0, 0.1) is 0 Å². The first-order valence-corrected chi connectivity index (χ1v) is 12.6. The van der Waals surface area contributed by atoms with Crippen LogP contribution in [0.1, 0.15) is 41.3 Å². The zero-order valence-electron chi connectivity index (χ0n) is 19.0. The first kappa shape index (κ1) is 21.9. The first-order valence-electron chi connectivity index (χ1n) is 11.8. The fraction of sp³-hybridized carbons (Fsp3) is 0.214. The van der Waals surface area contributed by atoms with Gasteiger partial charge in [0.25, 0.3) is 0 Å². The molecular weight excluding hydrogens is 506 g/mol. The van der Waals surface area contributed by atoms with Gasteiger partial charge < -0.3 is 14.5 Å². The summed E-state index contributed by atoms with van der Waals surface area (Å²) in [7, 11) is 0. The number of hydrogen-bond donors (Lipinski definition) is 1. The van der Waals surface area contributed by atoms with E-state index in [1.807, 2.05) is 60.8 Å². The number of benzene rings is 3. The second-order valence-electron chi connectivity index (χ2n) is 8.93. The highest BCUT2D eigenvalue weighted by molar-refractivity contribution is 9.10. The molecule has 0 radical (unpaired) electrons. The average molecular weight is 530 g/mol. The monoisotopic (exact) mass is 529 g/mol. The maximum atomic E-state index is 12.8. The molecule has 1 aromatic heterocycles. The molecule has 1 fully saturated rings. The van der Waals surface area contributed by atoms with Crippen LogP contribution in [0.2, 0.25) is 0 Å². The molecule has 2 aliphatic rings. The minimum atomic E-state index is -0.288. The first-order chi connectivity index (χ1) is 17.1. The second kappa shape index (κ2) is 9.23. The van der Waals surface area contributed by atoms with Gasteiger partial charge in [0.1, 0.15) is 23.9 Å². The van der Waals surface area contributed by atoms with E-state index in [0.29, 0.717) is 6.54 Å². The number of aromatic nitrogens is 2. The van der Waals surface area contributed by atoms with Crippen LogP contribution in [0.15, 0.2) is 77.4 Å². The van der Waals surface area contributed by atoms with Crippen LogP contribution in [0.4, 0.5) is 4.79 Å². The minimum absolute atomic E-state index is 0.0641. The quantitative estimate of drug-likeness (QED) is 0.272. The summed E-state index contributed by atoms with van der Waals surface area (Å²) in [5.74, 6) is 2.54. The van der Waals surface area contributed by atoms with E-state index in [1.165, 1.54) is 0 Å². The van der Waals surface area contributed by atoms with Crippen molar-refractivity contribution in [2.45, 2.75) is 31.9 Å². The Hall–Kier alpha value is -3.58. The fourth-order valence-electron chi connectivity index (χ4n) is 4.82. The lowest BCUT2D eigenvalue weighted by Crippen LogP contribution is -2.31. The van der Waals surface area contributed by atoms with Gasteiger partial charge in [0.2, 0.25) is 0 Å². The average Bonchev–Trinajstić information content (AvgIpc) is 3.56. The van der Waals surface area contributed by atoms with Gasteiger partial charge in [-0.3, -0.25) is 4.90 Å². The Balaban J connectivity index is 1.18. The van der Waals surface area contributed by atoms with E-state index in [4.69, 9.17) is 9.47 Å². The molecule has 176 valence electrons. The van der Waals surface area contributed by atoms with Gasteiger partial charge in [-0.05, 0) is 54.3 Å². The summed E-state index contributed by atoms with van der Waals surface area (Å²) in [6.07, 6.45) is 4.18. The number of H-pyrrole nitrogens is 1. The Bertz CT molecular complexity index is 1390. The second-order valence-corrected chi connectivity index (χ2v) is 9.85. The smallest absolute Gasteiger partial charge is 0.410 e. The predicted octanol–water partition coefficient (Wildman–Crippen LogP) is 7.01. The summed E-state index contributed by atoms with van der Waals surface area (Å²) >= 11 is 3.51. The highest BCUT2D eigenvalue weighted by Gasteiger charge is 2.32. The van der Waals surface area contributed by atoms with Crippen LogP contribution in [0.3, 0.4) is 0 Å². The van der Waals surface area contributed by atoms with Crippen molar-refractivity contribution in [1.29, 1.82) is 0 Å². The van der Waals surface area contributed by atoms with Gasteiger partial charge in [-0.25, -0.2) is 9.78 Å². The van der Waals surface area contributed by atoms with Gasteiger partial charge in [-0.2, -0.15) is 0 Å². The number of imidazole rings is 1. The summed E-state index contributed by atoms with van der Waals surface area (Å²) in [6, 6.07) is 22.0. The molecule has 6 nitrogen and oxygen atoms in total. The summed E-state index contributed by atoms with van der Waals surface area (Å²) in [4.78, 5) is 22.7. The van der Waals surface area contributed by atoms with Crippen LogP contribution in [-0.4, -0.2) is 27.5 Å². The van der Waals surface area contributed by atoms with Crippen molar-refractivity contribution in [2.24, 2.45) is 0 Å². The van der Waals surface area contributed by atoms with Gasteiger partial charge in [0.15, 0.2) is 0 Å². The Morgan fingerprint density at radius 2 is 1.97 bits per heavy atom. The number of halogens is 1.